The van der Waals surface area contributed by atoms with E-state index in [9.17, 15) is 9.59 Å². The number of aromatic nitrogens is 3. The minimum Gasteiger partial charge on any atom is -0.353 e. The largest absolute Gasteiger partial charge is 0.353 e. The van der Waals surface area contributed by atoms with Crippen LogP contribution in [-0.2, 0) is 11.3 Å². The number of carbonyl (C=O) groups excluding carboxylic acids is 1. The highest BCUT2D eigenvalue weighted by molar-refractivity contribution is 7.99. The topological polar surface area (TPSA) is 76.9 Å². The number of rotatable bonds is 7. The Morgan fingerprint density at radius 2 is 2.03 bits per heavy atom. The Morgan fingerprint density at radius 3 is 2.76 bits per heavy atom. The fourth-order valence-electron chi connectivity index (χ4n) is 3.68. The van der Waals surface area contributed by atoms with Gasteiger partial charge >= 0.3 is 0 Å². The Bertz CT molecular complexity index is 1060. The standard InChI is InChI=1S/C21H24N4O2S2/c1-2-12-25-20(27)19-18(17(24-29-19)14-8-4-3-5-9-14)23-21(25)28-13-16(26)22-15-10-6-7-11-15/h3-5,8-9,15H,2,6-7,10-13H2,1H3,(H,22,26). The number of hydrogen-bond donors (Lipinski definition) is 1. The Kier molecular flexibility index (Phi) is 6.30. The van der Waals surface area contributed by atoms with Gasteiger partial charge in [0.1, 0.15) is 15.9 Å². The van der Waals surface area contributed by atoms with Crippen LogP contribution in [0.2, 0.25) is 0 Å². The average Bonchev–Trinajstić information content (AvgIpc) is 3.39. The molecule has 4 rings (SSSR count). The van der Waals surface area contributed by atoms with E-state index < -0.39 is 0 Å². The van der Waals surface area contributed by atoms with Crippen LogP contribution in [0, 0.1) is 0 Å². The zero-order chi connectivity index (χ0) is 20.2. The summed E-state index contributed by atoms with van der Waals surface area (Å²) in [4.78, 5) is 30.2. The monoisotopic (exact) mass is 428 g/mol. The van der Waals surface area contributed by atoms with Crippen molar-refractivity contribution >= 4 is 39.4 Å². The van der Waals surface area contributed by atoms with Gasteiger partial charge in [-0.05, 0) is 30.8 Å². The molecule has 2 aromatic heterocycles. The first-order valence-electron chi connectivity index (χ1n) is 10.0. The summed E-state index contributed by atoms with van der Waals surface area (Å²) in [7, 11) is 0. The lowest BCUT2D eigenvalue weighted by atomic mass is 10.1. The third-order valence-corrected chi connectivity index (χ3v) is 6.89. The third-order valence-electron chi connectivity index (χ3n) is 5.09. The van der Waals surface area contributed by atoms with Crippen molar-refractivity contribution in [1.29, 1.82) is 0 Å². The molecule has 8 heteroatoms. The van der Waals surface area contributed by atoms with Crippen LogP contribution in [0.1, 0.15) is 39.0 Å². The van der Waals surface area contributed by atoms with Crippen molar-refractivity contribution in [1.82, 2.24) is 19.2 Å². The molecule has 1 aliphatic carbocycles. The number of thioether (sulfide) groups is 1. The molecule has 0 bridgehead atoms. The van der Waals surface area contributed by atoms with Crippen molar-refractivity contribution in [3.8, 4) is 11.3 Å². The van der Waals surface area contributed by atoms with Crippen molar-refractivity contribution in [2.45, 2.75) is 56.8 Å². The van der Waals surface area contributed by atoms with E-state index in [0.29, 0.717) is 28.0 Å². The molecule has 3 aromatic rings. The van der Waals surface area contributed by atoms with Crippen LogP contribution in [0.4, 0.5) is 0 Å². The molecule has 1 amide bonds. The van der Waals surface area contributed by atoms with Gasteiger partial charge in [0, 0.05) is 18.2 Å². The van der Waals surface area contributed by atoms with Gasteiger partial charge in [0.15, 0.2) is 5.16 Å². The Labute approximate surface area is 177 Å². The van der Waals surface area contributed by atoms with Crippen molar-refractivity contribution in [3.05, 3.63) is 40.7 Å². The summed E-state index contributed by atoms with van der Waals surface area (Å²) in [5.41, 5.74) is 2.21. The summed E-state index contributed by atoms with van der Waals surface area (Å²) in [5.74, 6) is 0.266. The lowest BCUT2D eigenvalue weighted by Gasteiger charge is -2.13. The predicted molar refractivity (Wildman–Crippen MR) is 119 cm³/mol. The van der Waals surface area contributed by atoms with Gasteiger partial charge in [0.05, 0.1) is 5.75 Å². The number of nitrogens with one attached hydrogen (secondary N) is 1. The van der Waals surface area contributed by atoms with Gasteiger partial charge in [-0.25, -0.2) is 4.98 Å². The molecule has 0 spiro atoms. The van der Waals surface area contributed by atoms with E-state index >= 15 is 0 Å². The fourth-order valence-corrected chi connectivity index (χ4v) is 5.30. The summed E-state index contributed by atoms with van der Waals surface area (Å²) in [6, 6.07) is 10.1. The number of hydrogen-bond acceptors (Lipinski definition) is 6. The molecule has 0 unspecified atom stereocenters. The molecular formula is C21H24N4O2S2. The van der Waals surface area contributed by atoms with Gasteiger partial charge in [0.2, 0.25) is 5.91 Å². The van der Waals surface area contributed by atoms with E-state index in [-0.39, 0.29) is 17.2 Å². The summed E-state index contributed by atoms with van der Waals surface area (Å²) in [6.45, 7) is 2.60. The maximum absolute atomic E-state index is 13.1. The first-order chi connectivity index (χ1) is 14.2. The first-order valence-corrected chi connectivity index (χ1v) is 11.8. The summed E-state index contributed by atoms with van der Waals surface area (Å²) in [5, 5.41) is 3.69. The van der Waals surface area contributed by atoms with Crippen LogP contribution in [0.25, 0.3) is 21.5 Å². The van der Waals surface area contributed by atoms with Gasteiger partial charge in [-0.3, -0.25) is 14.2 Å². The molecule has 1 fully saturated rings. The number of benzene rings is 1. The second-order valence-corrected chi connectivity index (χ2v) is 8.98. The summed E-state index contributed by atoms with van der Waals surface area (Å²) in [6.07, 6.45) is 5.29. The molecule has 152 valence electrons. The number of amides is 1. The summed E-state index contributed by atoms with van der Waals surface area (Å²) >= 11 is 2.53. The Morgan fingerprint density at radius 1 is 1.28 bits per heavy atom. The van der Waals surface area contributed by atoms with Crippen LogP contribution >= 0.6 is 23.3 Å². The van der Waals surface area contributed by atoms with E-state index in [0.717, 1.165) is 30.5 Å². The Balaban J connectivity index is 1.64. The SMILES string of the molecule is CCCn1c(SCC(=O)NC2CCCC2)nc2c(-c3ccccc3)nsc2c1=O. The van der Waals surface area contributed by atoms with Gasteiger partial charge in [-0.1, -0.05) is 61.9 Å². The molecule has 6 nitrogen and oxygen atoms in total. The zero-order valence-corrected chi connectivity index (χ0v) is 18.0. The minimum absolute atomic E-state index is 0.00557. The Hall–Kier alpha value is -2.19. The van der Waals surface area contributed by atoms with Crippen LogP contribution in [0.5, 0.6) is 0 Å². The number of carbonyl (C=O) groups is 1. The molecular weight excluding hydrogens is 404 g/mol. The van der Waals surface area contributed by atoms with Crippen molar-refractivity contribution in [2.75, 3.05) is 5.75 Å². The van der Waals surface area contributed by atoms with Crippen molar-refractivity contribution in [2.24, 2.45) is 0 Å². The van der Waals surface area contributed by atoms with Crippen LogP contribution in [0.3, 0.4) is 0 Å². The molecule has 0 saturated heterocycles. The minimum atomic E-state index is -0.0739. The number of nitrogens with zero attached hydrogens (tertiary/aromatic N) is 3. The van der Waals surface area contributed by atoms with E-state index in [1.54, 1.807) is 4.57 Å². The fraction of sp³-hybridized carbons (Fsp3) is 0.429. The molecule has 0 atom stereocenters. The highest BCUT2D eigenvalue weighted by atomic mass is 32.2. The summed E-state index contributed by atoms with van der Waals surface area (Å²) < 4.78 is 6.76. The highest BCUT2D eigenvalue weighted by Gasteiger charge is 2.20. The first kappa shape index (κ1) is 20.1. The van der Waals surface area contributed by atoms with E-state index in [2.05, 4.69) is 9.69 Å². The van der Waals surface area contributed by atoms with Gasteiger partial charge < -0.3 is 5.32 Å². The molecule has 0 aliphatic heterocycles. The maximum atomic E-state index is 13.1. The maximum Gasteiger partial charge on any atom is 0.273 e. The van der Waals surface area contributed by atoms with E-state index in [4.69, 9.17) is 4.98 Å². The third kappa shape index (κ3) is 4.38. The quantitative estimate of drug-likeness (QED) is 0.453. The lowest BCUT2D eigenvalue weighted by Crippen LogP contribution is -2.34. The molecule has 1 aromatic carbocycles. The molecule has 2 heterocycles. The predicted octanol–water partition coefficient (Wildman–Crippen LogP) is 4.08. The molecule has 1 saturated carbocycles. The smallest absolute Gasteiger partial charge is 0.273 e. The lowest BCUT2D eigenvalue weighted by molar-refractivity contribution is -0.119. The van der Waals surface area contributed by atoms with E-state index in [1.165, 1.54) is 36.1 Å². The van der Waals surface area contributed by atoms with Gasteiger partial charge in [-0.2, -0.15) is 4.37 Å². The second-order valence-electron chi connectivity index (χ2n) is 7.26. The second kappa shape index (κ2) is 9.09. The van der Waals surface area contributed by atoms with Gasteiger partial charge in [0.25, 0.3) is 5.56 Å². The van der Waals surface area contributed by atoms with Crippen LogP contribution < -0.4 is 10.9 Å². The molecule has 1 N–H and O–H groups in total. The van der Waals surface area contributed by atoms with Crippen LogP contribution in [0.15, 0.2) is 40.3 Å². The highest BCUT2D eigenvalue weighted by Crippen LogP contribution is 2.29. The van der Waals surface area contributed by atoms with Crippen molar-refractivity contribution in [3.63, 3.8) is 0 Å². The van der Waals surface area contributed by atoms with Crippen LogP contribution in [-0.4, -0.2) is 31.6 Å². The number of fused-ring (bicyclic) bond motifs is 1. The average molecular weight is 429 g/mol. The zero-order valence-electron chi connectivity index (χ0n) is 16.4. The molecule has 29 heavy (non-hydrogen) atoms. The molecule has 1 aliphatic rings. The molecule has 0 radical (unpaired) electrons. The van der Waals surface area contributed by atoms with Gasteiger partial charge in [-0.15, -0.1) is 0 Å². The normalized spacial score (nSPS) is 14.5. The van der Waals surface area contributed by atoms with Crippen molar-refractivity contribution < 1.29 is 4.79 Å². The van der Waals surface area contributed by atoms with E-state index in [1.807, 2.05) is 37.3 Å².